The third-order valence-electron chi connectivity index (χ3n) is 7.31. The van der Waals surface area contributed by atoms with Crippen LogP contribution < -0.4 is 9.04 Å². The van der Waals surface area contributed by atoms with Gasteiger partial charge in [0.05, 0.1) is 31.1 Å². The summed E-state index contributed by atoms with van der Waals surface area (Å²) in [5.74, 6) is 1.03. The molecule has 1 aromatic carbocycles. The summed E-state index contributed by atoms with van der Waals surface area (Å²) in [5.41, 5.74) is 5.31. The third kappa shape index (κ3) is 7.84. The Morgan fingerprint density at radius 3 is 2.41 bits per heavy atom. The largest absolute Gasteiger partial charge is 0.488 e. The van der Waals surface area contributed by atoms with Crippen LogP contribution in [0.5, 0.6) is 5.75 Å². The van der Waals surface area contributed by atoms with Gasteiger partial charge in [-0.25, -0.2) is 12.7 Å². The Bertz CT molecular complexity index is 1800. The van der Waals surface area contributed by atoms with E-state index in [1.807, 2.05) is 45.0 Å². The zero-order chi connectivity index (χ0) is 33.6. The predicted molar refractivity (Wildman–Crippen MR) is 176 cm³/mol. The van der Waals surface area contributed by atoms with Crippen molar-refractivity contribution >= 4 is 33.0 Å². The number of nitrogens with zero attached hydrogens (tertiary/aromatic N) is 3. The maximum atomic E-state index is 14.4. The molecule has 0 atom stereocenters. The van der Waals surface area contributed by atoms with Crippen molar-refractivity contribution in [1.29, 1.82) is 0 Å². The minimum Gasteiger partial charge on any atom is -0.488 e. The molecule has 0 aliphatic rings. The highest BCUT2D eigenvalue weighted by molar-refractivity contribution is 7.95. The van der Waals surface area contributed by atoms with E-state index in [0.717, 1.165) is 26.0 Å². The molecule has 0 saturated heterocycles. The summed E-state index contributed by atoms with van der Waals surface area (Å²) in [6.45, 7) is 13.5. The van der Waals surface area contributed by atoms with E-state index in [2.05, 4.69) is 10.1 Å². The number of pyridine rings is 1. The second-order valence-corrected chi connectivity index (χ2v) is 14.1. The number of aromatic nitrogens is 2. The van der Waals surface area contributed by atoms with Gasteiger partial charge in [0, 0.05) is 41.5 Å². The highest BCUT2D eigenvalue weighted by Gasteiger charge is 2.34. The summed E-state index contributed by atoms with van der Waals surface area (Å²) < 4.78 is 58.2. The van der Waals surface area contributed by atoms with Gasteiger partial charge in [-0.3, -0.25) is 9.78 Å². The molecular weight excluding hydrogens is 631 g/mol. The summed E-state index contributed by atoms with van der Waals surface area (Å²) in [7, 11) is -2.62. The number of methoxy groups -OCH3 is 1. The third-order valence-corrected chi connectivity index (χ3v) is 10.6. The summed E-state index contributed by atoms with van der Waals surface area (Å²) in [6.07, 6.45) is 0. The van der Waals surface area contributed by atoms with Crippen LogP contribution in [0.1, 0.15) is 62.9 Å². The Morgan fingerprint density at radius 1 is 1.00 bits per heavy atom. The molecule has 4 aromatic rings. The zero-order valence-corrected chi connectivity index (χ0v) is 29.2. The molecule has 46 heavy (non-hydrogen) atoms. The number of ketones is 1. The Morgan fingerprint density at radius 2 is 1.76 bits per heavy atom. The molecular formula is C33H41N3O8S2. The molecule has 0 radical (unpaired) electrons. The Labute approximate surface area is 274 Å². The molecule has 13 heteroatoms. The average Bonchev–Trinajstić information content (AvgIpc) is 3.56. The second-order valence-electron chi connectivity index (χ2n) is 10.8. The van der Waals surface area contributed by atoms with E-state index < -0.39 is 10.0 Å². The first-order valence-electron chi connectivity index (χ1n) is 14.8. The van der Waals surface area contributed by atoms with Gasteiger partial charge in [0.25, 0.3) is 10.0 Å². The van der Waals surface area contributed by atoms with Gasteiger partial charge < -0.3 is 23.5 Å². The molecule has 0 unspecified atom stereocenters. The molecule has 0 aliphatic heterocycles. The predicted octanol–water partition coefficient (Wildman–Crippen LogP) is 6.47. The van der Waals surface area contributed by atoms with E-state index in [9.17, 15) is 13.2 Å². The normalized spacial score (nSPS) is 11.7. The quantitative estimate of drug-likeness (QED) is 0.0742. The fraction of sp³-hybridized carbons (Fsp3) is 0.424. The number of rotatable bonds is 16. The molecule has 4 rings (SSSR count). The van der Waals surface area contributed by atoms with Crippen molar-refractivity contribution in [1.82, 2.24) is 10.1 Å². The van der Waals surface area contributed by atoms with Crippen LogP contribution >= 0.6 is 11.3 Å². The Kier molecular flexibility index (Phi) is 11.7. The molecule has 0 bridgehead atoms. The first-order chi connectivity index (χ1) is 21.9. The molecule has 0 saturated carbocycles. The SMILES string of the molecule is CCOCc1cc(COc2cc(C)nc(C)c2C(C)=O)ccc1-c1cc(C)sc1S(=O)(=O)N(COCCOC)c1noc(C)c1C. The fourth-order valence-electron chi connectivity index (χ4n) is 4.97. The Hall–Kier alpha value is -3.62. The molecule has 3 heterocycles. The van der Waals surface area contributed by atoms with Gasteiger partial charge in [-0.05, 0) is 77.3 Å². The van der Waals surface area contributed by atoms with Gasteiger partial charge in [0.15, 0.2) is 11.6 Å². The summed E-state index contributed by atoms with van der Waals surface area (Å²) in [5, 5.41) is 4.06. The number of benzene rings is 1. The van der Waals surface area contributed by atoms with Crippen molar-refractivity contribution in [3.63, 3.8) is 0 Å². The second kappa shape index (κ2) is 15.3. The highest BCUT2D eigenvalue weighted by atomic mass is 32.2. The average molecular weight is 672 g/mol. The lowest BCUT2D eigenvalue weighted by molar-refractivity contribution is 0.0753. The topological polar surface area (TPSA) is 130 Å². The van der Waals surface area contributed by atoms with E-state index in [1.54, 1.807) is 33.9 Å². The zero-order valence-electron chi connectivity index (χ0n) is 27.6. The van der Waals surface area contributed by atoms with Crippen molar-refractivity contribution in [2.45, 2.75) is 65.9 Å². The molecule has 0 N–H and O–H groups in total. The molecule has 3 aromatic heterocycles. The van der Waals surface area contributed by atoms with Crippen molar-refractivity contribution in [3.8, 4) is 16.9 Å². The number of hydrogen-bond donors (Lipinski definition) is 0. The van der Waals surface area contributed by atoms with Crippen molar-refractivity contribution in [3.05, 3.63) is 74.6 Å². The maximum absolute atomic E-state index is 14.4. The minimum absolute atomic E-state index is 0.122. The maximum Gasteiger partial charge on any atom is 0.277 e. The smallest absolute Gasteiger partial charge is 0.277 e. The van der Waals surface area contributed by atoms with Crippen LogP contribution in [0.25, 0.3) is 11.1 Å². The van der Waals surface area contributed by atoms with Gasteiger partial charge in [-0.1, -0.05) is 17.3 Å². The van der Waals surface area contributed by atoms with Gasteiger partial charge in [0.2, 0.25) is 0 Å². The number of aryl methyl sites for hydroxylation is 4. The monoisotopic (exact) mass is 671 g/mol. The number of Topliss-reactive ketones (excluding diaryl/α,β-unsaturated/α-hetero) is 1. The number of sulfonamides is 1. The standard InChI is InChI=1S/C33H41N3O8S2/c1-9-41-18-27-16-26(17-43-30-14-20(2)34-23(5)31(30)24(6)37)10-11-28(27)29-15-21(3)45-33(29)46(38,39)36(19-42-13-12-40-8)32-22(4)25(7)44-35-32/h10-11,14-16H,9,12-13,17-19H2,1-8H3. The first-order valence-corrected chi connectivity index (χ1v) is 17.1. The number of anilines is 1. The first kappa shape index (κ1) is 35.2. The fourth-order valence-corrected chi connectivity index (χ4v) is 8.06. The van der Waals surface area contributed by atoms with Gasteiger partial charge in [-0.15, -0.1) is 11.3 Å². The van der Waals surface area contributed by atoms with Crippen molar-refractivity contribution in [2.24, 2.45) is 0 Å². The lowest BCUT2D eigenvalue weighted by Crippen LogP contribution is -2.34. The van der Waals surface area contributed by atoms with Gasteiger partial charge in [-0.2, -0.15) is 0 Å². The van der Waals surface area contributed by atoms with E-state index in [-0.39, 0.29) is 42.4 Å². The number of carbonyl (C=O) groups excluding carboxylic acids is 1. The molecule has 0 aliphatic carbocycles. The molecule has 0 amide bonds. The van der Waals surface area contributed by atoms with Crippen LogP contribution in [0.2, 0.25) is 0 Å². The summed E-state index contributed by atoms with van der Waals surface area (Å²) in [6, 6.07) is 9.34. The van der Waals surface area contributed by atoms with Gasteiger partial charge in [0.1, 0.15) is 29.1 Å². The molecule has 248 valence electrons. The van der Waals surface area contributed by atoms with Gasteiger partial charge >= 0.3 is 0 Å². The van der Waals surface area contributed by atoms with Crippen LogP contribution in [-0.4, -0.2) is 58.0 Å². The highest BCUT2D eigenvalue weighted by Crippen LogP contribution is 2.40. The van der Waals surface area contributed by atoms with E-state index in [4.69, 9.17) is 23.5 Å². The van der Waals surface area contributed by atoms with Crippen molar-refractivity contribution in [2.75, 3.05) is 38.0 Å². The van der Waals surface area contributed by atoms with Crippen LogP contribution in [-0.2, 0) is 37.4 Å². The van der Waals surface area contributed by atoms with E-state index in [0.29, 0.717) is 52.7 Å². The number of ether oxygens (including phenoxy) is 4. The van der Waals surface area contributed by atoms with Crippen molar-refractivity contribution < 1.29 is 36.7 Å². The number of carbonyl (C=O) groups is 1. The summed E-state index contributed by atoms with van der Waals surface area (Å²) >= 11 is 1.18. The molecule has 0 fully saturated rings. The van der Waals surface area contributed by atoms with Crippen LogP contribution in [0.15, 0.2) is 39.1 Å². The lowest BCUT2D eigenvalue weighted by atomic mass is 9.99. The van der Waals surface area contributed by atoms with Crippen LogP contribution in [0, 0.1) is 34.6 Å². The van der Waals surface area contributed by atoms with E-state index in [1.165, 1.54) is 18.3 Å². The number of hydrogen-bond acceptors (Lipinski definition) is 11. The lowest BCUT2D eigenvalue weighted by Gasteiger charge is -2.23. The minimum atomic E-state index is -4.16. The number of thiophene rings is 1. The van der Waals surface area contributed by atoms with Crippen LogP contribution in [0.4, 0.5) is 5.82 Å². The van der Waals surface area contributed by atoms with E-state index >= 15 is 0 Å². The van der Waals surface area contributed by atoms with Crippen LogP contribution in [0.3, 0.4) is 0 Å². The summed E-state index contributed by atoms with van der Waals surface area (Å²) in [4.78, 5) is 17.6. The molecule has 11 nitrogen and oxygen atoms in total. The Balaban J connectivity index is 1.74. The molecule has 0 spiro atoms.